The molecule has 0 spiro atoms. The third-order valence-electron chi connectivity index (χ3n) is 4.92. The van der Waals surface area contributed by atoms with E-state index in [0.29, 0.717) is 0 Å². The SMILES string of the molecule is Cc1ccc(C(CN2CCOCC2)NC(=O)COc2cc(C)cc(C)c2)cc1. The maximum atomic E-state index is 12.6. The first-order valence-corrected chi connectivity index (χ1v) is 9.87. The predicted octanol–water partition coefficient (Wildman–Crippen LogP) is 3.18. The van der Waals surface area contributed by atoms with Crippen molar-refractivity contribution >= 4 is 5.91 Å². The Morgan fingerprint density at radius 2 is 1.68 bits per heavy atom. The average Bonchev–Trinajstić information content (AvgIpc) is 2.67. The van der Waals surface area contributed by atoms with Crippen molar-refractivity contribution in [3.63, 3.8) is 0 Å². The van der Waals surface area contributed by atoms with Crippen LogP contribution in [0.2, 0.25) is 0 Å². The molecule has 1 amide bonds. The highest BCUT2D eigenvalue weighted by Crippen LogP contribution is 2.18. The van der Waals surface area contributed by atoms with E-state index in [1.54, 1.807) is 0 Å². The Morgan fingerprint density at radius 3 is 2.32 bits per heavy atom. The molecule has 1 heterocycles. The summed E-state index contributed by atoms with van der Waals surface area (Å²) in [4.78, 5) is 14.9. The van der Waals surface area contributed by atoms with Gasteiger partial charge >= 0.3 is 0 Å². The largest absolute Gasteiger partial charge is 0.484 e. The molecule has 0 radical (unpaired) electrons. The number of rotatable bonds is 7. The molecule has 0 saturated carbocycles. The number of aryl methyl sites for hydroxylation is 3. The van der Waals surface area contributed by atoms with Crippen molar-refractivity contribution in [1.29, 1.82) is 0 Å². The van der Waals surface area contributed by atoms with Crippen LogP contribution >= 0.6 is 0 Å². The fourth-order valence-electron chi connectivity index (χ4n) is 3.48. The van der Waals surface area contributed by atoms with Crippen molar-refractivity contribution in [2.45, 2.75) is 26.8 Å². The summed E-state index contributed by atoms with van der Waals surface area (Å²) in [5, 5.41) is 3.15. The van der Waals surface area contributed by atoms with Gasteiger partial charge in [0.1, 0.15) is 5.75 Å². The number of nitrogens with one attached hydrogen (secondary N) is 1. The van der Waals surface area contributed by atoms with Crippen molar-refractivity contribution in [1.82, 2.24) is 10.2 Å². The number of hydrogen-bond acceptors (Lipinski definition) is 4. The molecule has 1 N–H and O–H groups in total. The molecule has 1 saturated heterocycles. The number of benzene rings is 2. The first-order chi connectivity index (χ1) is 13.5. The van der Waals surface area contributed by atoms with Gasteiger partial charge in [-0.05, 0) is 49.6 Å². The highest BCUT2D eigenvalue weighted by molar-refractivity contribution is 5.78. The van der Waals surface area contributed by atoms with Crippen LogP contribution in [0.1, 0.15) is 28.3 Å². The average molecular weight is 383 g/mol. The normalized spacial score (nSPS) is 15.8. The van der Waals surface area contributed by atoms with Crippen molar-refractivity contribution in [2.24, 2.45) is 0 Å². The summed E-state index contributed by atoms with van der Waals surface area (Å²) in [7, 11) is 0. The van der Waals surface area contributed by atoms with Crippen LogP contribution in [0, 0.1) is 20.8 Å². The van der Waals surface area contributed by atoms with E-state index in [1.165, 1.54) is 5.56 Å². The van der Waals surface area contributed by atoms with E-state index in [1.807, 2.05) is 26.0 Å². The lowest BCUT2D eigenvalue weighted by molar-refractivity contribution is -0.124. The number of carbonyl (C=O) groups excluding carboxylic acids is 1. The van der Waals surface area contributed by atoms with E-state index < -0.39 is 0 Å². The molecule has 28 heavy (non-hydrogen) atoms. The van der Waals surface area contributed by atoms with E-state index in [-0.39, 0.29) is 18.6 Å². The van der Waals surface area contributed by atoms with Crippen LogP contribution in [0.15, 0.2) is 42.5 Å². The van der Waals surface area contributed by atoms with Gasteiger partial charge in [0.05, 0.1) is 19.3 Å². The third-order valence-corrected chi connectivity index (χ3v) is 4.92. The second-order valence-electron chi connectivity index (χ2n) is 7.56. The van der Waals surface area contributed by atoms with E-state index >= 15 is 0 Å². The van der Waals surface area contributed by atoms with Gasteiger partial charge in [0.2, 0.25) is 0 Å². The molecule has 5 heteroatoms. The van der Waals surface area contributed by atoms with Gasteiger partial charge < -0.3 is 14.8 Å². The molecule has 1 aliphatic rings. The highest BCUT2D eigenvalue weighted by Gasteiger charge is 2.20. The fourth-order valence-corrected chi connectivity index (χ4v) is 3.48. The molecule has 2 aromatic carbocycles. The maximum Gasteiger partial charge on any atom is 0.258 e. The van der Waals surface area contributed by atoms with E-state index in [4.69, 9.17) is 9.47 Å². The number of nitrogens with zero attached hydrogens (tertiary/aromatic N) is 1. The third kappa shape index (κ3) is 6.08. The topological polar surface area (TPSA) is 50.8 Å². The molecule has 1 fully saturated rings. The summed E-state index contributed by atoms with van der Waals surface area (Å²) in [5.41, 5.74) is 4.57. The molecule has 1 aliphatic heterocycles. The van der Waals surface area contributed by atoms with Gasteiger partial charge in [-0.3, -0.25) is 9.69 Å². The van der Waals surface area contributed by atoms with Gasteiger partial charge in [0, 0.05) is 19.6 Å². The van der Waals surface area contributed by atoms with Gasteiger partial charge in [0.15, 0.2) is 6.61 Å². The highest BCUT2D eigenvalue weighted by atomic mass is 16.5. The molecular formula is C23H30N2O3. The van der Waals surface area contributed by atoms with Crippen LogP contribution in [0.4, 0.5) is 0 Å². The van der Waals surface area contributed by atoms with E-state index in [9.17, 15) is 4.79 Å². The van der Waals surface area contributed by atoms with Crippen LogP contribution in [0.5, 0.6) is 5.75 Å². The molecule has 5 nitrogen and oxygen atoms in total. The van der Waals surface area contributed by atoms with Crippen LogP contribution < -0.4 is 10.1 Å². The van der Waals surface area contributed by atoms with Crippen LogP contribution in [-0.4, -0.2) is 50.3 Å². The van der Waals surface area contributed by atoms with Crippen molar-refractivity contribution < 1.29 is 14.3 Å². The zero-order valence-corrected chi connectivity index (χ0v) is 17.0. The second-order valence-corrected chi connectivity index (χ2v) is 7.56. The Labute approximate surface area is 167 Å². The summed E-state index contributed by atoms with van der Waals surface area (Å²) in [6.07, 6.45) is 0. The lowest BCUT2D eigenvalue weighted by Crippen LogP contribution is -2.44. The predicted molar refractivity (Wildman–Crippen MR) is 111 cm³/mol. The van der Waals surface area contributed by atoms with Gasteiger partial charge in [-0.1, -0.05) is 35.9 Å². The van der Waals surface area contributed by atoms with E-state index in [2.05, 4.69) is 47.5 Å². The summed E-state index contributed by atoms with van der Waals surface area (Å²) in [6, 6.07) is 14.3. The smallest absolute Gasteiger partial charge is 0.258 e. The Balaban J connectivity index is 1.63. The molecule has 0 aromatic heterocycles. The van der Waals surface area contributed by atoms with Crippen molar-refractivity contribution in [3.8, 4) is 5.75 Å². The molecule has 150 valence electrons. The Morgan fingerprint density at radius 1 is 1.04 bits per heavy atom. The number of morpholine rings is 1. The number of carbonyl (C=O) groups is 1. The zero-order chi connectivity index (χ0) is 19.9. The van der Waals surface area contributed by atoms with E-state index in [0.717, 1.165) is 55.3 Å². The van der Waals surface area contributed by atoms with Crippen molar-refractivity contribution in [3.05, 3.63) is 64.7 Å². The standard InChI is InChI=1S/C23H30N2O3/c1-17-4-6-20(7-5-17)22(15-25-8-10-27-11-9-25)24-23(26)16-28-21-13-18(2)12-19(3)14-21/h4-7,12-14,22H,8-11,15-16H2,1-3H3,(H,24,26). The summed E-state index contributed by atoms with van der Waals surface area (Å²) in [6.45, 7) is 10.1. The molecular weight excluding hydrogens is 352 g/mol. The first-order valence-electron chi connectivity index (χ1n) is 9.87. The number of ether oxygens (including phenoxy) is 2. The number of hydrogen-bond donors (Lipinski definition) is 1. The Kier molecular flexibility index (Phi) is 7.06. The van der Waals surface area contributed by atoms with Gasteiger partial charge in [-0.25, -0.2) is 0 Å². The molecule has 0 aliphatic carbocycles. The minimum absolute atomic E-state index is 0.00830. The monoisotopic (exact) mass is 382 g/mol. The molecule has 1 atom stereocenters. The van der Waals surface area contributed by atoms with Gasteiger partial charge in [-0.2, -0.15) is 0 Å². The Hall–Kier alpha value is -2.37. The van der Waals surface area contributed by atoms with Gasteiger partial charge in [0.25, 0.3) is 5.91 Å². The fraction of sp³-hybridized carbons (Fsp3) is 0.435. The minimum Gasteiger partial charge on any atom is -0.484 e. The molecule has 0 bridgehead atoms. The molecule has 2 aromatic rings. The lowest BCUT2D eigenvalue weighted by Gasteiger charge is -2.31. The zero-order valence-electron chi connectivity index (χ0n) is 17.0. The summed E-state index contributed by atoms with van der Waals surface area (Å²) in [5.74, 6) is 0.616. The molecule has 3 rings (SSSR count). The first kappa shape index (κ1) is 20.4. The van der Waals surface area contributed by atoms with Crippen molar-refractivity contribution in [2.75, 3.05) is 39.5 Å². The minimum atomic E-state index is -0.113. The van der Waals surface area contributed by atoms with Gasteiger partial charge in [-0.15, -0.1) is 0 Å². The summed E-state index contributed by atoms with van der Waals surface area (Å²) >= 11 is 0. The lowest BCUT2D eigenvalue weighted by atomic mass is 10.0. The summed E-state index contributed by atoms with van der Waals surface area (Å²) < 4.78 is 11.2. The Bertz CT molecular complexity index is 763. The maximum absolute atomic E-state index is 12.6. The molecule has 1 unspecified atom stereocenters. The van der Waals surface area contributed by atoms with Crippen LogP contribution in [0.25, 0.3) is 0 Å². The number of amides is 1. The van der Waals surface area contributed by atoms with Crippen LogP contribution in [-0.2, 0) is 9.53 Å². The quantitative estimate of drug-likeness (QED) is 0.799. The van der Waals surface area contributed by atoms with Crippen LogP contribution in [0.3, 0.4) is 0 Å². The second kappa shape index (κ2) is 9.71.